The van der Waals surface area contributed by atoms with Crippen molar-refractivity contribution in [2.24, 2.45) is 0 Å². The lowest BCUT2D eigenvalue weighted by atomic mass is 9.95. The third-order valence-corrected chi connectivity index (χ3v) is 5.36. The predicted octanol–water partition coefficient (Wildman–Crippen LogP) is 3.87. The molecule has 4 heterocycles. The molecule has 152 valence electrons. The van der Waals surface area contributed by atoms with E-state index in [1.54, 1.807) is 24.7 Å². The summed E-state index contributed by atoms with van der Waals surface area (Å²) in [7, 11) is 0. The van der Waals surface area contributed by atoms with E-state index in [1.165, 1.54) is 19.3 Å². The van der Waals surface area contributed by atoms with Crippen molar-refractivity contribution in [1.29, 1.82) is 0 Å². The van der Waals surface area contributed by atoms with Crippen LogP contribution < -0.4 is 10.6 Å². The molecule has 0 spiro atoms. The molecule has 0 atom stereocenters. The van der Waals surface area contributed by atoms with Gasteiger partial charge in [-0.1, -0.05) is 25.3 Å². The number of hydrogen-bond donors (Lipinski definition) is 2. The second-order valence-corrected chi connectivity index (χ2v) is 7.42. The van der Waals surface area contributed by atoms with Crippen LogP contribution >= 0.6 is 0 Å². The molecule has 5 rings (SSSR count). The van der Waals surface area contributed by atoms with Crippen LogP contribution in [0.5, 0.6) is 0 Å². The fraction of sp³-hybridized carbons (Fsp3) is 0.333. The Morgan fingerprint density at radius 2 is 1.80 bits per heavy atom. The first-order valence-electron chi connectivity index (χ1n) is 10.3. The van der Waals surface area contributed by atoms with E-state index in [1.807, 2.05) is 24.7 Å². The van der Waals surface area contributed by atoms with Gasteiger partial charge in [0, 0.05) is 37.4 Å². The van der Waals surface area contributed by atoms with Crippen molar-refractivity contribution in [2.75, 3.05) is 10.6 Å². The topological polar surface area (TPSA) is 106 Å². The van der Waals surface area contributed by atoms with E-state index in [9.17, 15) is 0 Å². The van der Waals surface area contributed by atoms with Crippen LogP contribution in [0.25, 0.3) is 11.2 Å². The van der Waals surface area contributed by atoms with Crippen molar-refractivity contribution in [1.82, 2.24) is 34.5 Å². The van der Waals surface area contributed by atoms with Crippen LogP contribution in [0.1, 0.15) is 43.7 Å². The van der Waals surface area contributed by atoms with Crippen molar-refractivity contribution in [3.8, 4) is 0 Å². The molecule has 0 bridgehead atoms. The third-order valence-electron chi connectivity index (χ3n) is 5.36. The highest BCUT2D eigenvalue weighted by Gasteiger charge is 2.21. The predicted molar refractivity (Wildman–Crippen MR) is 114 cm³/mol. The van der Waals surface area contributed by atoms with Gasteiger partial charge in [-0.05, 0) is 30.5 Å². The van der Waals surface area contributed by atoms with Crippen LogP contribution in [0.15, 0.2) is 49.3 Å². The maximum absolute atomic E-state index is 4.77. The molecule has 1 aliphatic carbocycles. The minimum Gasteiger partial charge on any atom is -0.364 e. The molecule has 30 heavy (non-hydrogen) atoms. The molecule has 0 saturated heterocycles. The molecule has 1 fully saturated rings. The zero-order valence-corrected chi connectivity index (χ0v) is 16.6. The molecule has 9 nitrogen and oxygen atoms in total. The molecule has 0 amide bonds. The molecule has 2 N–H and O–H groups in total. The molecule has 0 unspecified atom stereocenters. The lowest BCUT2D eigenvalue weighted by Gasteiger charge is -2.23. The molecule has 4 aromatic heterocycles. The highest BCUT2D eigenvalue weighted by atomic mass is 15.2. The Bertz CT molecular complexity index is 1110. The molecular formula is C21H23N9. The Labute approximate surface area is 174 Å². The van der Waals surface area contributed by atoms with Gasteiger partial charge in [-0.15, -0.1) is 0 Å². The molecular weight excluding hydrogens is 378 g/mol. The lowest BCUT2D eigenvalue weighted by Crippen LogP contribution is -2.13. The second kappa shape index (κ2) is 8.40. The van der Waals surface area contributed by atoms with Crippen LogP contribution in [-0.4, -0.2) is 34.5 Å². The van der Waals surface area contributed by atoms with Gasteiger partial charge in [-0.3, -0.25) is 10.3 Å². The number of hydrogen-bond acceptors (Lipinski definition) is 8. The average molecular weight is 401 g/mol. The molecule has 0 aromatic carbocycles. The van der Waals surface area contributed by atoms with E-state index in [0.29, 0.717) is 30.3 Å². The van der Waals surface area contributed by atoms with Crippen molar-refractivity contribution in [3.05, 3.63) is 54.9 Å². The minimum atomic E-state index is 0.422. The summed E-state index contributed by atoms with van der Waals surface area (Å²) < 4.78 is 2.20. The molecule has 9 heteroatoms. The SMILES string of the molecule is c1cnc(Nc2nc(NCc3cccnc3)c3ncn(C4CCCCC4)c3n2)nc1. The highest BCUT2D eigenvalue weighted by Crippen LogP contribution is 2.32. The van der Waals surface area contributed by atoms with Gasteiger partial charge in [0.1, 0.15) is 0 Å². The largest absolute Gasteiger partial charge is 0.364 e. The first-order chi connectivity index (χ1) is 14.9. The zero-order chi connectivity index (χ0) is 20.2. The van der Waals surface area contributed by atoms with E-state index < -0.39 is 0 Å². The number of aromatic nitrogens is 7. The monoisotopic (exact) mass is 401 g/mol. The number of fused-ring (bicyclic) bond motifs is 1. The molecule has 0 aliphatic heterocycles. The maximum Gasteiger partial charge on any atom is 0.233 e. The van der Waals surface area contributed by atoms with E-state index in [0.717, 1.165) is 29.6 Å². The average Bonchev–Trinajstić information content (AvgIpc) is 3.23. The Hall–Kier alpha value is -3.62. The third kappa shape index (κ3) is 3.91. The van der Waals surface area contributed by atoms with E-state index >= 15 is 0 Å². The number of nitrogens with zero attached hydrogens (tertiary/aromatic N) is 7. The lowest BCUT2D eigenvalue weighted by molar-refractivity contribution is 0.358. The quantitative estimate of drug-likeness (QED) is 0.501. The van der Waals surface area contributed by atoms with Gasteiger partial charge in [0.15, 0.2) is 17.0 Å². The fourth-order valence-corrected chi connectivity index (χ4v) is 3.87. The van der Waals surface area contributed by atoms with Gasteiger partial charge in [-0.25, -0.2) is 15.0 Å². The van der Waals surface area contributed by atoms with Crippen LogP contribution in [0.3, 0.4) is 0 Å². The van der Waals surface area contributed by atoms with E-state index in [4.69, 9.17) is 4.98 Å². The van der Waals surface area contributed by atoms with Gasteiger partial charge >= 0.3 is 0 Å². The standard InChI is InChI=1S/C21H23N9/c1-2-7-16(8-3-1)30-14-26-17-18(25-13-15-6-4-9-22-12-15)27-21(28-19(17)30)29-20-23-10-5-11-24-20/h4-6,9-12,14,16H,1-3,7-8,13H2,(H2,23,24,25,27,28,29). The second-order valence-electron chi connectivity index (χ2n) is 7.42. The fourth-order valence-electron chi connectivity index (χ4n) is 3.87. The van der Waals surface area contributed by atoms with Crippen molar-refractivity contribution in [2.45, 2.75) is 44.7 Å². The van der Waals surface area contributed by atoms with E-state index in [2.05, 4.69) is 40.1 Å². The minimum absolute atomic E-state index is 0.422. The van der Waals surface area contributed by atoms with Gasteiger partial charge in [-0.2, -0.15) is 9.97 Å². The van der Waals surface area contributed by atoms with Crippen molar-refractivity contribution in [3.63, 3.8) is 0 Å². The molecule has 1 saturated carbocycles. The van der Waals surface area contributed by atoms with Crippen LogP contribution in [0.2, 0.25) is 0 Å². The van der Waals surface area contributed by atoms with Crippen molar-refractivity contribution < 1.29 is 0 Å². The first-order valence-corrected chi connectivity index (χ1v) is 10.3. The summed E-state index contributed by atoms with van der Waals surface area (Å²) in [6, 6.07) is 6.14. The van der Waals surface area contributed by atoms with Gasteiger partial charge < -0.3 is 9.88 Å². The summed E-state index contributed by atoms with van der Waals surface area (Å²) >= 11 is 0. The van der Waals surface area contributed by atoms with Gasteiger partial charge in [0.05, 0.1) is 6.33 Å². The van der Waals surface area contributed by atoms with Gasteiger partial charge in [0.2, 0.25) is 11.9 Å². The Kier molecular flexibility index (Phi) is 5.15. The number of rotatable bonds is 6. The molecule has 4 aromatic rings. The summed E-state index contributed by atoms with van der Waals surface area (Å²) in [5, 5.41) is 6.52. The summed E-state index contributed by atoms with van der Waals surface area (Å²) in [4.78, 5) is 26.7. The highest BCUT2D eigenvalue weighted by molar-refractivity contribution is 5.84. The smallest absolute Gasteiger partial charge is 0.233 e. The number of nitrogens with one attached hydrogen (secondary N) is 2. The maximum atomic E-state index is 4.77. The normalized spacial score (nSPS) is 14.7. The zero-order valence-electron chi connectivity index (χ0n) is 16.6. The Morgan fingerprint density at radius 1 is 0.933 bits per heavy atom. The Morgan fingerprint density at radius 3 is 2.60 bits per heavy atom. The van der Waals surface area contributed by atoms with Crippen LogP contribution in [0, 0.1) is 0 Å². The summed E-state index contributed by atoms with van der Waals surface area (Å²) in [5.74, 6) is 1.58. The number of anilines is 3. The van der Waals surface area contributed by atoms with Crippen molar-refractivity contribution >= 4 is 28.9 Å². The summed E-state index contributed by atoms with van der Waals surface area (Å²) in [6.45, 7) is 0.595. The number of pyridine rings is 1. The first kappa shape index (κ1) is 18.4. The summed E-state index contributed by atoms with van der Waals surface area (Å²) in [6.07, 6.45) is 14.9. The van der Waals surface area contributed by atoms with Gasteiger partial charge in [0.25, 0.3) is 0 Å². The van der Waals surface area contributed by atoms with Crippen LogP contribution in [-0.2, 0) is 6.54 Å². The van der Waals surface area contributed by atoms with Crippen LogP contribution in [0.4, 0.5) is 17.7 Å². The Balaban J connectivity index is 1.51. The number of imidazole rings is 1. The molecule has 0 radical (unpaired) electrons. The summed E-state index contributed by atoms with van der Waals surface area (Å²) in [5.41, 5.74) is 2.66. The molecule has 1 aliphatic rings. The van der Waals surface area contributed by atoms with E-state index in [-0.39, 0.29) is 0 Å².